The lowest BCUT2D eigenvalue weighted by atomic mass is 10.1. The van der Waals surface area contributed by atoms with Crippen LogP contribution in [0.25, 0.3) is 11.3 Å². The Morgan fingerprint density at radius 1 is 0.967 bits per heavy atom. The number of rotatable bonds is 4. The van der Waals surface area contributed by atoms with Crippen LogP contribution in [0.5, 0.6) is 0 Å². The van der Waals surface area contributed by atoms with Crippen molar-refractivity contribution in [3.05, 3.63) is 72.3 Å². The van der Waals surface area contributed by atoms with Crippen LogP contribution in [0.3, 0.4) is 0 Å². The molecule has 2 aromatic carbocycles. The van der Waals surface area contributed by atoms with Crippen LogP contribution in [0.4, 0.5) is 8.78 Å². The summed E-state index contributed by atoms with van der Waals surface area (Å²) in [4.78, 5) is 17.8. The van der Waals surface area contributed by atoms with Gasteiger partial charge in [0.15, 0.2) is 23.8 Å². The van der Waals surface area contributed by atoms with Gasteiger partial charge in [-0.1, -0.05) is 12.1 Å². The molecule has 10 heteroatoms. The van der Waals surface area contributed by atoms with Gasteiger partial charge in [0.25, 0.3) is 5.91 Å². The fraction of sp³-hybridized carbons (Fsp3) is 0.200. The van der Waals surface area contributed by atoms with E-state index < -0.39 is 21.7 Å². The van der Waals surface area contributed by atoms with E-state index in [-0.39, 0.29) is 37.0 Å². The minimum atomic E-state index is -3.97. The highest BCUT2D eigenvalue weighted by Gasteiger charge is 2.31. The third-order valence-electron chi connectivity index (χ3n) is 4.90. The van der Waals surface area contributed by atoms with E-state index in [9.17, 15) is 22.0 Å². The molecule has 0 unspecified atom stereocenters. The maximum absolute atomic E-state index is 13.4. The lowest BCUT2D eigenvalue weighted by Gasteiger charge is -2.34. The average molecular weight is 433 g/mol. The molecule has 0 radical (unpaired) electrons. The van der Waals surface area contributed by atoms with Gasteiger partial charge in [-0.25, -0.2) is 22.2 Å². The van der Waals surface area contributed by atoms with Crippen LogP contribution in [0, 0.1) is 11.6 Å². The molecule has 1 saturated heterocycles. The van der Waals surface area contributed by atoms with Gasteiger partial charge in [0.2, 0.25) is 10.0 Å². The standard InChI is InChI=1S/C20H17F2N3O4S/c21-17-6-5-16(11-18(17)22)30(27,28)25-9-7-24(8-10-25)20(26)15-3-1-14(2-4-15)19-12-23-13-29-19/h1-6,11-13H,7-10H2. The fourth-order valence-corrected chi connectivity index (χ4v) is 4.67. The summed E-state index contributed by atoms with van der Waals surface area (Å²) in [6.07, 6.45) is 2.89. The quantitative estimate of drug-likeness (QED) is 0.632. The molecule has 0 spiro atoms. The Balaban J connectivity index is 1.42. The van der Waals surface area contributed by atoms with Gasteiger partial charge < -0.3 is 9.32 Å². The molecule has 156 valence electrons. The highest BCUT2D eigenvalue weighted by atomic mass is 32.2. The molecule has 1 aliphatic rings. The highest BCUT2D eigenvalue weighted by Crippen LogP contribution is 2.22. The van der Waals surface area contributed by atoms with Gasteiger partial charge in [0, 0.05) is 37.3 Å². The van der Waals surface area contributed by atoms with E-state index in [1.165, 1.54) is 6.39 Å². The molecule has 1 fully saturated rings. The van der Waals surface area contributed by atoms with Crippen molar-refractivity contribution in [2.45, 2.75) is 4.90 Å². The molecule has 3 aromatic rings. The number of aromatic nitrogens is 1. The van der Waals surface area contributed by atoms with Crippen LogP contribution in [0.15, 0.2) is 64.4 Å². The molecule has 1 amide bonds. The summed E-state index contributed by atoms with van der Waals surface area (Å²) < 4.78 is 58.2. The first kappa shape index (κ1) is 20.2. The zero-order chi connectivity index (χ0) is 21.3. The van der Waals surface area contributed by atoms with Gasteiger partial charge in [-0.05, 0) is 30.3 Å². The van der Waals surface area contributed by atoms with E-state index in [4.69, 9.17) is 4.42 Å². The number of hydrogen-bond donors (Lipinski definition) is 0. The van der Waals surface area contributed by atoms with Crippen LogP contribution in [0.2, 0.25) is 0 Å². The fourth-order valence-electron chi connectivity index (χ4n) is 3.24. The summed E-state index contributed by atoms with van der Waals surface area (Å²) in [6, 6.07) is 9.31. The molecular weight excluding hydrogens is 416 g/mol. The van der Waals surface area contributed by atoms with Gasteiger partial charge in [-0.3, -0.25) is 4.79 Å². The van der Waals surface area contributed by atoms with Crippen molar-refractivity contribution in [2.24, 2.45) is 0 Å². The molecular formula is C20H17F2N3O4S. The van der Waals surface area contributed by atoms with Crippen molar-refractivity contribution in [2.75, 3.05) is 26.2 Å². The van der Waals surface area contributed by atoms with E-state index in [1.807, 2.05) is 0 Å². The maximum Gasteiger partial charge on any atom is 0.253 e. The van der Waals surface area contributed by atoms with Gasteiger partial charge >= 0.3 is 0 Å². The Morgan fingerprint density at radius 3 is 2.27 bits per heavy atom. The second kappa shape index (κ2) is 7.96. The van der Waals surface area contributed by atoms with Gasteiger partial charge in [-0.15, -0.1) is 0 Å². The molecule has 0 atom stereocenters. The normalized spacial score (nSPS) is 15.3. The summed E-state index contributed by atoms with van der Waals surface area (Å²) in [5.74, 6) is -1.97. The second-order valence-corrected chi connectivity index (χ2v) is 8.65. The Morgan fingerprint density at radius 2 is 1.67 bits per heavy atom. The molecule has 0 aliphatic carbocycles. The summed E-state index contributed by atoms with van der Waals surface area (Å²) in [7, 11) is -3.97. The van der Waals surface area contributed by atoms with Crippen LogP contribution < -0.4 is 0 Å². The van der Waals surface area contributed by atoms with Crippen LogP contribution in [0.1, 0.15) is 10.4 Å². The Kier molecular flexibility index (Phi) is 5.35. The predicted molar refractivity (Wildman–Crippen MR) is 103 cm³/mol. The Hall–Kier alpha value is -3.11. The molecule has 0 saturated carbocycles. The predicted octanol–water partition coefficient (Wildman–Crippen LogP) is 2.77. The summed E-state index contributed by atoms with van der Waals surface area (Å²) >= 11 is 0. The number of benzene rings is 2. The number of carbonyl (C=O) groups excluding carboxylic acids is 1. The molecule has 4 rings (SSSR count). The van der Waals surface area contributed by atoms with Crippen molar-refractivity contribution in [3.8, 4) is 11.3 Å². The Bertz CT molecular complexity index is 1160. The van der Waals surface area contributed by atoms with Crippen LogP contribution >= 0.6 is 0 Å². The largest absolute Gasteiger partial charge is 0.444 e. The molecule has 0 N–H and O–H groups in total. The smallest absolute Gasteiger partial charge is 0.253 e. The lowest BCUT2D eigenvalue weighted by molar-refractivity contribution is 0.0698. The monoisotopic (exact) mass is 433 g/mol. The van der Waals surface area contributed by atoms with E-state index in [1.54, 1.807) is 35.4 Å². The van der Waals surface area contributed by atoms with E-state index >= 15 is 0 Å². The first-order valence-corrected chi connectivity index (χ1v) is 10.5. The van der Waals surface area contributed by atoms with Crippen molar-refractivity contribution in [1.82, 2.24) is 14.2 Å². The number of halogens is 2. The first-order chi connectivity index (χ1) is 14.4. The zero-order valence-corrected chi connectivity index (χ0v) is 16.5. The number of amides is 1. The molecule has 2 heterocycles. The second-order valence-electron chi connectivity index (χ2n) is 6.72. The van der Waals surface area contributed by atoms with Crippen molar-refractivity contribution in [3.63, 3.8) is 0 Å². The third-order valence-corrected chi connectivity index (χ3v) is 6.80. The third kappa shape index (κ3) is 3.83. The van der Waals surface area contributed by atoms with Crippen molar-refractivity contribution >= 4 is 15.9 Å². The average Bonchev–Trinajstić information content (AvgIpc) is 3.30. The number of nitrogens with zero attached hydrogens (tertiary/aromatic N) is 3. The number of sulfonamides is 1. The van der Waals surface area contributed by atoms with Crippen LogP contribution in [-0.2, 0) is 10.0 Å². The first-order valence-electron chi connectivity index (χ1n) is 9.09. The zero-order valence-electron chi connectivity index (χ0n) is 15.7. The number of piperazine rings is 1. The highest BCUT2D eigenvalue weighted by molar-refractivity contribution is 7.89. The molecule has 30 heavy (non-hydrogen) atoms. The number of hydrogen-bond acceptors (Lipinski definition) is 5. The molecule has 1 aliphatic heterocycles. The van der Waals surface area contributed by atoms with Gasteiger partial charge in [0.05, 0.1) is 11.1 Å². The molecule has 0 bridgehead atoms. The van der Waals surface area contributed by atoms with Crippen molar-refractivity contribution < 1.29 is 26.4 Å². The minimum Gasteiger partial charge on any atom is -0.444 e. The lowest BCUT2D eigenvalue weighted by Crippen LogP contribution is -2.50. The van der Waals surface area contributed by atoms with Gasteiger partial charge in [-0.2, -0.15) is 4.31 Å². The van der Waals surface area contributed by atoms with E-state index in [2.05, 4.69) is 4.98 Å². The number of oxazole rings is 1. The van der Waals surface area contributed by atoms with E-state index in [0.29, 0.717) is 17.4 Å². The van der Waals surface area contributed by atoms with Crippen molar-refractivity contribution in [1.29, 1.82) is 0 Å². The SMILES string of the molecule is O=C(c1ccc(-c2cnco2)cc1)N1CCN(S(=O)(=O)c2ccc(F)c(F)c2)CC1. The minimum absolute atomic E-state index is 0.0587. The summed E-state index contributed by atoms with van der Waals surface area (Å²) in [5, 5.41) is 0. The Labute approximate surface area is 171 Å². The summed E-state index contributed by atoms with van der Waals surface area (Å²) in [5.41, 5.74) is 1.25. The molecule has 7 nitrogen and oxygen atoms in total. The van der Waals surface area contributed by atoms with Gasteiger partial charge in [0.1, 0.15) is 0 Å². The topological polar surface area (TPSA) is 83.7 Å². The van der Waals surface area contributed by atoms with Crippen LogP contribution in [-0.4, -0.2) is 54.7 Å². The maximum atomic E-state index is 13.4. The van der Waals surface area contributed by atoms with E-state index in [0.717, 1.165) is 22.0 Å². The summed E-state index contributed by atoms with van der Waals surface area (Å²) in [6.45, 7) is 0.490. The number of carbonyl (C=O) groups is 1. The molecule has 1 aromatic heterocycles.